The van der Waals surface area contributed by atoms with Crippen molar-refractivity contribution in [2.75, 3.05) is 5.32 Å². The Morgan fingerprint density at radius 1 is 1.04 bits per heavy atom. The molecule has 3 aromatic rings. The molecule has 1 amide bonds. The third kappa shape index (κ3) is 3.62. The van der Waals surface area contributed by atoms with Gasteiger partial charge in [0, 0.05) is 16.8 Å². The van der Waals surface area contributed by atoms with Crippen molar-refractivity contribution in [2.45, 2.75) is 0 Å². The second-order valence-electron chi connectivity index (χ2n) is 5.35. The van der Waals surface area contributed by atoms with Crippen molar-refractivity contribution < 1.29 is 9.72 Å². The molecule has 0 saturated carbocycles. The topological polar surface area (TPSA) is 105 Å². The Bertz CT molecular complexity index is 1040. The van der Waals surface area contributed by atoms with Gasteiger partial charge < -0.3 is 10.3 Å². The first-order chi connectivity index (χ1) is 12.5. The fourth-order valence-electron chi connectivity index (χ4n) is 2.38. The number of rotatable bonds is 4. The van der Waals surface area contributed by atoms with E-state index in [0.717, 1.165) is 5.56 Å². The minimum Gasteiger partial charge on any atom is -0.321 e. The standard InChI is InChI=1S/C18H12ClN3O4/c19-12-7-5-11(6-8-12)14-10-9-13(17(23)20-14)18(24)21-15-3-1-2-4-16(15)22(25)26/h1-10H,(H,20,23)(H,21,24). The third-order valence-electron chi connectivity index (χ3n) is 3.66. The number of benzene rings is 2. The Morgan fingerprint density at radius 3 is 2.38 bits per heavy atom. The molecule has 0 aliphatic carbocycles. The molecule has 7 nitrogen and oxygen atoms in total. The molecule has 0 fully saturated rings. The van der Waals surface area contributed by atoms with E-state index in [9.17, 15) is 19.7 Å². The number of hydrogen-bond donors (Lipinski definition) is 2. The number of para-hydroxylation sites is 2. The van der Waals surface area contributed by atoms with Crippen LogP contribution in [0.3, 0.4) is 0 Å². The molecule has 1 heterocycles. The van der Waals surface area contributed by atoms with E-state index in [2.05, 4.69) is 10.3 Å². The smallest absolute Gasteiger partial charge is 0.292 e. The second kappa shape index (κ2) is 7.20. The van der Waals surface area contributed by atoms with Gasteiger partial charge in [0.25, 0.3) is 17.2 Å². The first kappa shape index (κ1) is 17.4. The maximum Gasteiger partial charge on any atom is 0.292 e. The summed E-state index contributed by atoms with van der Waals surface area (Å²) in [5, 5.41) is 14.0. The quantitative estimate of drug-likeness (QED) is 0.538. The monoisotopic (exact) mass is 369 g/mol. The molecule has 0 radical (unpaired) electrons. The normalized spacial score (nSPS) is 10.3. The summed E-state index contributed by atoms with van der Waals surface area (Å²) in [6.07, 6.45) is 0. The minimum atomic E-state index is -0.733. The number of amides is 1. The van der Waals surface area contributed by atoms with Crippen molar-refractivity contribution in [1.82, 2.24) is 4.98 Å². The zero-order chi connectivity index (χ0) is 18.7. The van der Waals surface area contributed by atoms with Crippen LogP contribution in [-0.2, 0) is 0 Å². The van der Waals surface area contributed by atoms with E-state index in [4.69, 9.17) is 11.6 Å². The molecule has 1 aromatic heterocycles. The van der Waals surface area contributed by atoms with Crippen molar-refractivity contribution in [3.63, 3.8) is 0 Å². The minimum absolute atomic E-state index is 0.0173. The first-order valence-electron chi connectivity index (χ1n) is 7.50. The van der Waals surface area contributed by atoms with Gasteiger partial charge in [0.15, 0.2) is 0 Å². The number of nitro groups is 1. The van der Waals surface area contributed by atoms with E-state index in [0.29, 0.717) is 10.7 Å². The number of aromatic nitrogens is 1. The van der Waals surface area contributed by atoms with Crippen molar-refractivity contribution in [2.24, 2.45) is 0 Å². The Kier molecular flexibility index (Phi) is 4.81. The maximum atomic E-state index is 12.3. The van der Waals surface area contributed by atoms with Gasteiger partial charge in [-0.3, -0.25) is 19.7 Å². The van der Waals surface area contributed by atoms with Gasteiger partial charge in [-0.2, -0.15) is 0 Å². The van der Waals surface area contributed by atoms with Crippen LogP contribution in [0.2, 0.25) is 5.02 Å². The average Bonchev–Trinajstić information content (AvgIpc) is 2.62. The van der Waals surface area contributed by atoms with Crippen molar-refractivity contribution in [3.05, 3.63) is 91.7 Å². The molecule has 0 bridgehead atoms. The molecule has 0 unspecified atom stereocenters. The van der Waals surface area contributed by atoms with E-state index in [1.54, 1.807) is 36.4 Å². The van der Waals surface area contributed by atoms with Gasteiger partial charge in [-0.15, -0.1) is 0 Å². The van der Waals surface area contributed by atoms with Crippen LogP contribution in [0.5, 0.6) is 0 Å². The van der Waals surface area contributed by atoms with Gasteiger partial charge in [-0.25, -0.2) is 0 Å². The summed E-state index contributed by atoms with van der Waals surface area (Å²) >= 11 is 5.84. The van der Waals surface area contributed by atoms with Gasteiger partial charge in [0.2, 0.25) is 0 Å². The van der Waals surface area contributed by atoms with Crippen LogP contribution >= 0.6 is 11.6 Å². The zero-order valence-corrected chi connectivity index (χ0v) is 14.0. The number of halogens is 1. The molecule has 0 saturated heterocycles. The first-order valence-corrected chi connectivity index (χ1v) is 7.87. The predicted molar refractivity (Wildman–Crippen MR) is 98.6 cm³/mol. The summed E-state index contributed by atoms with van der Waals surface area (Å²) in [7, 11) is 0. The molecule has 130 valence electrons. The highest BCUT2D eigenvalue weighted by Crippen LogP contribution is 2.24. The molecule has 3 rings (SSSR count). The van der Waals surface area contributed by atoms with Crippen molar-refractivity contribution >= 4 is 28.9 Å². The van der Waals surface area contributed by atoms with Crippen LogP contribution in [0.15, 0.2) is 65.5 Å². The van der Waals surface area contributed by atoms with Gasteiger partial charge in [-0.05, 0) is 35.9 Å². The summed E-state index contributed by atoms with van der Waals surface area (Å²) in [5.74, 6) is -0.733. The fourth-order valence-corrected chi connectivity index (χ4v) is 2.50. The highest BCUT2D eigenvalue weighted by molar-refractivity contribution is 6.30. The van der Waals surface area contributed by atoms with E-state index < -0.39 is 16.4 Å². The summed E-state index contributed by atoms with van der Waals surface area (Å²) < 4.78 is 0. The molecule has 0 aliphatic rings. The Hall–Kier alpha value is -3.45. The molecular formula is C18H12ClN3O4. The molecule has 8 heteroatoms. The zero-order valence-electron chi connectivity index (χ0n) is 13.2. The summed E-state index contributed by atoms with van der Waals surface area (Å²) in [6, 6.07) is 15.5. The highest BCUT2D eigenvalue weighted by Gasteiger charge is 2.17. The van der Waals surface area contributed by atoms with E-state index in [-0.39, 0.29) is 16.9 Å². The molecule has 2 aromatic carbocycles. The third-order valence-corrected chi connectivity index (χ3v) is 3.91. The van der Waals surface area contributed by atoms with Gasteiger partial charge >= 0.3 is 0 Å². The van der Waals surface area contributed by atoms with Gasteiger partial charge in [0.1, 0.15) is 11.3 Å². The van der Waals surface area contributed by atoms with Crippen LogP contribution in [-0.4, -0.2) is 15.8 Å². The Labute approximate surface area is 152 Å². The number of pyridine rings is 1. The number of nitrogens with one attached hydrogen (secondary N) is 2. The van der Waals surface area contributed by atoms with Crippen LogP contribution < -0.4 is 10.9 Å². The molecule has 0 spiro atoms. The van der Waals surface area contributed by atoms with E-state index in [1.807, 2.05) is 0 Å². The Balaban J connectivity index is 1.88. The van der Waals surface area contributed by atoms with E-state index >= 15 is 0 Å². The van der Waals surface area contributed by atoms with E-state index in [1.165, 1.54) is 24.3 Å². The predicted octanol–water partition coefficient (Wildman–Crippen LogP) is 3.86. The second-order valence-corrected chi connectivity index (χ2v) is 5.79. The lowest BCUT2D eigenvalue weighted by molar-refractivity contribution is -0.383. The van der Waals surface area contributed by atoms with Gasteiger partial charge in [-0.1, -0.05) is 35.9 Å². The average molecular weight is 370 g/mol. The van der Waals surface area contributed by atoms with Crippen molar-refractivity contribution in [1.29, 1.82) is 0 Å². The number of aromatic amines is 1. The SMILES string of the molecule is O=C(Nc1ccccc1[N+](=O)[O-])c1ccc(-c2ccc(Cl)cc2)[nH]c1=O. The summed E-state index contributed by atoms with van der Waals surface area (Å²) in [6.45, 7) is 0. The lowest BCUT2D eigenvalue weighted by Crippen LogP contribution is -2.23. The van der Waals surface area contributed by atoms with Crippen LogP contribution in [0.4, 0.5) is 11.4 Å². The number of H-pyrrole nitrogens is 1. The van der Waals surface area contributed by atoms with Crippen LogP contribution in [0, 0.1) is 10.1 Å². The largest absolute Gasteiger partial charge is 0.321 e. The number of nitrogens with zero attached hydrogens (tertiary/aromatic N) is 1. The summed E-state index contributed by atoms with van der Waals surface area (Å²) in [5.41, 5.74) is 0.263. The molecule has 26 heavy (non-hydrogen) atoms. The Morgan fingerprint density at radius 2 is 1.73 bits per heavy atom. The molecular weight excluding hydrogens is 358 g/mol. The maximum absolute atomic E-state index is 12.3. The van der Waals surface area contributed by atoms with Crippen LogP contribution in [0.25, 0.3) is 11.3 Å². The number of nitro benzene ring substituents is 1. The highest BCUT2D eigenvalue weighted by atomic mass is 35.5. The number of carbonyl (C=O) groups excluding carboxylic acids is 1. The van der Waals surface area contributed by atoms with Crippen molar-refractivity contribution in [3.8, 4) is 11.3 Å². The molecule has 2 N–H and O–H groups in total. The number of carbonyl (C=O) groups is 1. The summed E-state index contributed by atoms with van der Waals surface area (Å²) in [4.78, 5) is 37.6. The lowest BCUT2D eigenvalue weighted by Gasteiger charge is -2.07. The fraction of sp³-hybridized carbons (Fsp3) is 0. The molecule has 0 atom stereocenters. The number of hydrogen-bond acceptors (Lipinski definition) is 4. The van der Waals surface area contributed by atoms with Gasteiger partial charge in [0.05, 0.1) is 4.92 Å². The molecule has 0 aliphatic heterocycles. The lowest BCUT2D eigenvalue weighted by atomic mass is 10.1. The number of anilines is 1. The van der Waals surface area contributed by atoms with Crippen LogP contribution in [0.1, 0.15) is 10.4 Å².